The fourth-order valence-corrected chi connectivity index (χ4v) is 5.18. The van der Waals surface area contributed by atoms with Gasteiger partial charge in [0.2, 0.25) is 0 Å². The molecule has 0 radical (unpaired) electrons. The molecule has 3 aliphatic rings. The van der Waals surface area contributed by atoms with Gasteiger partial charge in [-0.15, -0.1) is 0 Å². The number of ether oxygens (including phenoxy) is 1. The number of hydrogen-bond acceptors (Lipinski definition) is 3. The predicted molar refractivity (Wildman–Crippen MR) is 84.1 cm³/mol. The zero-order valence-corrected chi connectivity index (χ0v) is 12.9. The van der Waals surface area contributed by atoms with Crippen molar-refractivity contribution >= 4 is 12.0 Å². The molecular formula is C19H22O3. The van der Waals surface area contributed by atoms with E-state index in [4.69, 9.17) is 4.74 Å². The number of esters is 1. The third-order valence-electron chi connectivity index (χ3n) is 6.12. The molecule has 1 aromatic carbocycles. The second-order valence-electron chi connectivity index (χ2n) is 6.98. The van der Waals surface area contributed by atoms with Crippen LogP contribution in [0.1, 0.15) is 42.7 Å². The maximum atomic E-state index is 12.3. The van der Waals surface area contributed by atoms with Crippen molar-refractivity contribution in [2.75, 3.05) is 7.11 Å². The summed E-state index contributed by atoms with van der Waals surface area (Å²) in [5.74, 6) is 0.0330. The highest BCUT2D eigenvalue weighted by Gasteiger charge is 2.58. The van der Waals surface area contributed by atoms with Crippen molar-refractivity contribution in [2.24, 2.45) is 17.8 Å². The number of fused-ring (bicyclic) bond motifs is 5. The number of carbonyl (C=O) groups excluding carboxylic acids is 1. The number of aliphatic hydroxyl groups is 1. The Morgan fingerprint density at radius 2 is 2.18 bits per heavy atom. The minimum absolute atomic E-state index is 0.0381. The average molecular weight is 298 g/mol. The van der Waals surface area contributed by atoms with Crippen LogP contribution in [0.2, 0.25) is 0 Å². The highest BCUT2D eigenvalue weighted by atomic mass is 16.5. The summed E-state index contributed by atoms with van der Waals surface area (Å²) in [7, 11) is 1.46. The van der Waals surface area contributed by atoms with Crippen LogP contribution in [-0.2, 0) is 9.53 Å². The van der Waals surface area contributed by atoms with E-state index in [9.17, 15) is 9.90 Å². The molecule has 1 aromatic rings. The van der Waals surface area contributed by atoms with Crippen molar-refractivity contribution < 1.29 is 14.6 Å². The molecule has 2 saturated carbocycles. The van der Waals surface area contributed by atoms with Crippen LogP contribution in [0.3, 0.4) is 0 Å². The van der Waals surface area contributed by atoms with Crippen LogP contribution in [-0.4, -0.2) is 23.8 Å². The largest absolute Gasteiger partial charge is 0.469 e. The lowest BCUT2D eigenvalue weighted by Gasteiger charge is -2.50. The molecule has 5 atom stereocenters. The first-order valence-electron chi connectivity index (χ1n) is 8.22. The SMILES string of the molecule is COC(=O)[C@H]1C[C@H]2c3ccccc3C=C[C@H]2[C@@]2(O)CCC[C@@H]12. The van der Waals surface area contributed by atoms with Gasteiger partial charge < -0.3 is 9.84 Å². The molecule has 0 heterocycles. The number of hydrogen-bond donors (Lipinski definition) is 1. The minimum atomic E-state index is -0.758. The van der Waals surface area contributed by atoms with Crippen molar-refractivity contribution in [1.82, 2.24) is 0 Å². The van der Waals surface area contributed by atoms with Gasteiger partial charge in [-0.1, -0.05) is 42.8 Å². The molecule has 0 unspecified atom stereocenters. The summed E-state index contributed by atoms with van der Waals surface area (Å²) in [5, 5.41) is 11.4. The molecule has 1 N–H and O–H groups in total. The van der Waals surface area contributed by atoms with E-state index in [-0.39, 0.29) is 29.6 Å². The van der Waals surface area contributed by atoms with Crippen molar-refractivity contribution in [3.05, 3.63) is 41.5 Å². The maximum Gasteiger partial charge on any atom is 0.309 e. The Morgan fingerprint density at radius 1 is 1.36 bits per heavy atom. The highest BCUT2D eigenvalue weighted by molar-refractivity contribution is 5.74. The van der Waals surface area contributed by atoms with Crippen LogP contribution in [0.25, 0.3) is 6.08 Å². The number of rotatable bonds is 1. The smallest absolute Gasteiger partial charge is 0.309 e. The van der Waals surface area contributed by atoms with E-state index in [0.29, 0.717) is 0 Å². The molecule has 3 nitrogen and oxygen atoms in total. The van der Waals surface area contributed by atoms with Gasteiger partial charge in [0.25, 0.3) is 0 Å². The van der Waals surface area contributed by atoms with E-state index >= 15 is 0 Å². The first kappa shape index (κ1) is 14.0. The highest BCUT2D eigenvalue weighted by Crippen LogP contribution is 2.58. The molecule has 0 saturated heterocycles. The lowest BCUT2D eigenvalue weighted by atomic mass is 9.57. The molecule has 116 valence electrons. The van der Waals surface area contributed by atoms with Crippen LogP contribution < -0.4 is 0 Å². The summed E-state index contributed by atoms with van der Waals surface area (Å²) in [6.07, 6.45) is 7.81. The van der Waals surface area contributed by atoms with E-state index in [0.717, 1.165) is 25.7 Å². The Labute approximate surface area is 131 Å². The summed E-state index contributed by atoms with van der Waals surface area (Å²) in [4.78, 5) is 12.3. The number of methoxy groups -OCH3 is 1. The molecule has 0 spiro atoms. The zero-order valence-electron chi connectivity index (χ0n) is 12.9. The normalized spacial score (nSPS) is 38.8. The number of carbonyl (C=O) groups is 1. The van der Waals surface area contributed by atoms with Crippen molar-refractivity contribution in [3.8, 4) is 0 Å². The molecule has 0 aliphatic heterocycles. The molecule has 2 fully saturated rings. The Bertz CT molecular complexity index is 635. The third kappa shape index (κ3) is 1.81. The van der Waals surface area contributed by atoms with Crippen LogP contribution in [0.5, 0.6) is 0 Å². The van der Waals surface area contributed by atoms with Gasteiger partial charge in [-0.2, -0.15) is 0 Å². The van der Waals surface area contributed by atoms with Gasteiger partial charge in [-0.25, -0.2) is 0 Å². The molecule has 3 aliphatic carbocycles. The van der Waals surface area contributed by atoms with Crippen LogP contribution in [0.15, 0.2) is 30.3 Å². The molecule has 0 bridgehead atoms. The van der Waals surface area contributed by atoms with E-state index in [1.54, 1.807) is 0 Å². The molecule has 4 rings (SSSR count). The molecular weight excluding hydrogens is 276 g/mol. The number of benzene rings is 1. The Morgan fingerprint density at radius 3 is 3.00 bits per heavy atom. The fourth-order valence-electron chi connectivity index (χ4n) is 5.18. The van der Waals surface area contributed by atoms with Gasteiger partial charge in [0.05, 0.1) is 18.6 Å². The average Bonchev–Trinajstić information content (AvgIpc) is 2.95. The van der Waals surface area contributed by atoms with Gasteiger partial charge >= 0.3 is 5.97 Å². The van der Waals surface area contributed by atoms with Gasteiger partial charge in [-0.3, -0.25) is 4.79 Å². The Kier molecular flexibility index (Phi) is 3.15. The summed E-state index contributed by atoms with van der Waals surface area (Å²) in [6, 6.07) is 8.34. The second kappa shape index (κ2) is 4.95. The quantitative estimate of drug-likeness (QED) is 0.810. The first-order valence-corrected chi connectivity index (χ1v) is 8.22. The van der Waals surface area contributed by atoms with Gasteiger partial charge in [0, 0.05) is 11.8 Å². The van der Waals surface area contributed by atoms with Gasteiger partial charge in [0.15, 0.2) is 0 Å². The van der Waals surface area contributed by atoms with Crippen molar-refractivity contribution in [1.29, 1.82) is 0 Å². The van der Waals surface area contributed by atoms with Gasteiger partial charge in [0.1, 0.15) is 0 Å². The van der Waals surface area contributed by atoms with Crippen molar-refractivity contribution in [3.63, 3.8) is 0 Å². The van der Waals surface area contributed by atoms with E-state index in [1.807, 2.05) is 12.1 Å². The molecule has 0 amide bonds. The van der Waals surface area contributed by atoms with E-state index in [2.05, 4.69) is 24.3 Å². The lowest BCUT2D eigenvalue weighted by molar-refractivity contribution is -0.160. The fraction of sp³-hybridized carbons (Fsp3) is 0.526. The Balaban J connectivity index is 1.80. The van der Waals surface area contributed by atoms with Crippen molar-refractivity contribution in [2.45, 2.75) is 37.2 Å². The maximum absolute atomic E-state index is 12.3. The summed E-state index contributed by atoms with van der Waals surface area (Å²) in [6.45, 7) is 0. The molecule has 3 heteroatoms. The summed E-state index contributed by atoms with van der Waals surface area (Å²) < 4.78 is 5.04. The lowest BCUT2D eigenvalue weighted by Crippen LogP contribution is -2.53. The third-order valence-corrected chi connectivity index (χ3v) is 6.12. The van der Waals surface area contributed by atoms with Crippen LogP contribution >= 0.6 is 0 Å². The van der Waals surface area contributed by atoms with Gasteiger partial charge in [-0.05, 0) is 36.3 Å². The van der Waals surface area contributed by atoms with Crippen LogP contribution in [0, 0.1) is 17.8 Å². The standard InChI is InChI=1S/C19H22O3/c1-22-18(20)15-11-14-13-6-3-2-5-12(13)8-9-17(14)19(21)10-4-7-16(15)19/h2-3,5-6,8-9,14-17,21H,4,7,10-11H2,1H3/t14-,15-,16-,17+,19+/m0/s1. The minimum Gasteiger partial charge on any atom is -0.469 e. The predicted octanol–water partition coefficient (Wildman–Crippen LogP) is 3.14. The molecule has 0 aromatic heterocycles. The van der Waals surface area contributed by atoms with E-state index in [1.165, 1.54) is 18.2 Å². The zero-order chi connectivity index (χ0) is 15.3. The monoisotopic (exact) mass is 298 g/mol. The topological polar surface area (TPSA) is 46.5 Å². The Hall–Kier alpha value is -1.61. The summed E-state index contributed by atoms with van der Waals surface area (Å²) >= 11 is 0. The van der Waals surface area contributed by atoms with E-state index < -0.39 is 5.60 Å². The summed E-state index contributed by atoms with van der Waals surface area (Å²) in [5.41, 5.74) is 1.72. The van der Waals surface area contributed by atoms with Crippen LogP contribution in [0.4, 0.5) is 0 Å². The first-order chi connectivity index (χ1) is 10.6. The molecule has 22 heavy (non-hydrogen) atoms. The second-order valence-corrected chi connectivity index (χ2v) is 6.98.